The lowest BCUT2D eigenvalue weighted by molar-refractivity contribution is -0.131. The van der Waals surface area contributed by atoms with Gasteiger partial charge in [-0.1, -0.05) is 6.42 Å². The van der Waals surface area contributed by atoms with E-state index in [0.717, 1.165) is 37.5 Å². The number of hydrogen-bond donors (Lipinski definition) is 0. The van der Waals surface area contributed by atoms with Crippen molar-refractivity contribution in [3.8, 4) is 0 Å². The standard InChI is InChI=1S/C14H19F3N6O/c1-9-18-19-11(22(9)2)8-23-6-4-3-5-10(23)13-21-20-12(24-13)7-14(15,16)17/h10H,3-8H2,1-2H3/t10-/m0/s1. The largest absolute Gasteiger partial charge is 0.423 e. The van der Waals surface area contributed by atoms with Gasteiger partial charge in [-0.25, -0.2) is 0 Å². The summed E-state index contributed by atoms with van der Waals surface area (Å²) in [6, 6.07) is -0.190. The number of likely N-dealkylation sites (tertiary alicyclic amines) is 1. The molecule has 2 aromatic rings. The predicted molar refractivity (Wildman–Crippen MR) is 76.8 cm³/mol. The van der Waals surface area contributed by atoms with Gasteiger partial charge < -0.3 is 8.98 Å². The van der Waals surface area contributed by atoms with E-state index in [1.807, 2.05) is 18.5 Å². The normalized spacial score (nSPS) is 19.8. The summed E-state index contributed by atoms with van der Waals surface area (Å²) in [6.45, 7) is 3.21. The van der Waals surface area contributed by atoms with Gasteiger partial charge in [0.25, 0.3) is 0 Å². The molecule has 0 N–H and O–H groups in total. The minimum atomic E-state index is -4.35. The van der Waals surface area contributed by atoms with E-state index in [0.29, 0.717) is 6.54 Å². The third-order valence-electron chi connectivity index (χ3n) is 4.26. The molecule has 0 radical (unpaired) electrons. The van der Waals surface area contributed by atoms with E-state index >= 15 is 0 Å². The maximum absolute atomic E-state index is 12.4. The van der Waals surface area contributed by atoms with E-state index in [2.05, 4.69) is 25.3 Å². The van der Waals surface area contributed by atoms with Crippen LogP contribution in [0.25, 0.3) is 0 Å². The van der Waals surface area contributed by atoms with Crippen molar-refractivity contribution in [2.45, 2.75) is 51.4 Å². The molecule has 1 aliphatic heterocycles. The highest BCUT2D eigenvalue weighted by Crippen LogP contribution is 2.32. The van der Waals surface area contributed by atoms with Gasteiger partial charge >= 0.3 is 6.18 Å². The molecule has 0 unspecified atom stereocenters. The first-order chi connectivity index (χ1) is 11.3. The first-order valence-electron chi connectivity index (χ1n) is 7.81. The molecule has 1 aliphatic rings. The topological polar surface area (TPSA) is 72.9 Å². The molecule has 1 fully saturated rings. The van der Waals surface area contributed by atoms with Crippen LogP contribution in [-0.2, 0) is 20.0 Å². The van der Waals surface area contributed by atoms with Crippen molar-refractivity contribution in [2.75, 3.05) is 6.54 Å². The van der Waals surface area contributed by atoms with Crippen molar-refractivity contribution in [2.24, 2.45) is 7.05 Å². The summed E-state index contributed by atoms with van der Waals surface area (Å²) in [5, 5.41) is 15.6. The summed E-state index contributed by atoms with van der Waals surface area (Å²) < 4.78 is 44.5. The van der Waals surface area contributed by atoms with E-state index in [1.165, 1.54) is 0 Å². The second kappa shape index (κ2) is 6.50. The van der Waals surface area contributed by atoms with Crippen molar-refractivity contribution in [1.82, 2.24) is 29.9 Å². The first-order valence-corrected chi connectivity index (χ1v) is 7.81. The summed E-state index contributed by atoms with van der Waals surface area (Å²) in [5.41, 5.74) is 0. The lowest BCUT2D eigenvalue weighted by Gasteiger charge is -2.32. The third kappa shape index (κ3) is 3.74. The Hall–Kier alpha value is -1.97. The second-order valence-electron chi connectivity index (χ2n) is 6.03. The van der Waals surface area contributed by atoms with Crippen molar-refractivity contribution in [1.29, 1.82) is 0 Å². The average Bonchev–Trinajstić information content (AvgIpc) is 3.08. The van der Waals surface area contributed by atoms with Gasteiger partial charge in [0.15, 0.2) is 0 Å². The number of nitrogens with zero attached hydrogens (tertiary/aromatic N) is 6. The average molecular weight is 344 g/mol. The Kier molecular flexibility index (Phi) is 4.57. The number of halogens is 3. The van der Waals surface area contributed by atoms with E-state index in [4.69, 9.17) is 4.42 Å². The molecular formula is C14H19F3N6O. The fourth-order valence-electron chi connectivity index (χ4n) is 2.87. The molecule has 0 spiro atoms. The number of aromatic nitrogens is 5. The van der Waals surface area contributed by atoms with Gasteiger partial charge in [0.05, 0.1) is 12.6 Å². The fraction of sp³-hybridized carbons (Fsp3) is 0.714. The Morgan fingerprint density at radius 3 is 2.62 bits per heavy atom. The summed E-state index contributed by atoms with van der Waals surface area (Å²) in [4.78, 5) is 2.11. The first kappa shape index (κ1) is 16.9. The molecule has 0 amide bonds. The van der Waals surface area contributed by atoms with E-state index in [-0.39, 0.29) is 11.9 Å². The highest BCUT2D eigenvalue weighted by Gasteiger charge is 2.33. The minimum absolute atomic E-state index is 0.190. The fourth-order valence-corrected chi connectivity index (χ4v) is 2.87. The number of alkyl halides is 3. The molecule has 10 heteroatoms. The van der Waals surface area contributed by atoms with Gasteiger partial charge in [0.1, 0.15) is 18.1 Å². The lowest BCUT2D eigenvalue weighted by Crippen LogP contribution is -2.34. The van der Waals surface area contributed by atoms with Crippen LogP contribution in [0.2, 0.25) is 0 Å². The summed E-state index contributed by atoms with van der Waals surface area (Å²) in [7, 11) is 1.89. The van der Waals surface area contributed by atoms with Crippen molar-refractivity contribution in [3.05, 3.63) is 23.4 Å². The van der Waals surface area contributed by atoms with Crippen LogP contribution in [0.15, 0.2) is 4.42 Å². The highest BCUT2D eigenvalue weighted by atomic mass is 19.4. The summed E-state index contributed by atoms with van der Waals surface area (Å²) in [6.07, 6.45) is -2.81. The predicted octanol–water partition coefficient (Wildman–Crippen LogP) is 2.34. The molecular weight excluding hydrogens is 325 g/mol. The third-order valence-corrected chi connectivity index (χ3v) is 4.26. The zero-order valence-corrected chi connectivity index (χ0v) is 13.5. The van der Waals surface area contributed by atoms with Gasteiger partial charge in [-0.05, 0) is 26.3 Å². The van der Waals surface area contributed by atoms with Crippen LogP contribution in [0, 0.1) is 6.92 Å². The van der Waals surface area contributed by atoms with Crippen molar-refractivity contribution >= 4 is 0 Å². The van der Waals surface area contributed by atoms with E-state index in [1.54, 1.807) is 0 Å². The molecule has 0 aliphatic carbocycles. The van der Waals surface area contributed by atoms with Crippen LogP contribution in [0.4, 0.5) is 13.2 Å². The summed E-state index contributed by atoms with van der Waals surface area (Å²) >= 11 is 0. The SMILES string of the molecule is Cc1nnc(CN2CCCC[C@H]2c2nnc(CC(F)(F)F)o2)n1C. The highest BCUT2D eigenvalue weighted by molar-refractivity contribution is 4.98. The Balaban J connectivity index is 1.76. The Morgan fingerprint density at radius 1 is 1.17 bits per heavy atom. The molecule has 0 aromatic carbocycles. The lowest BCUT2D eigenvalue weighted by atomic mass is 10.0. The molecule has 7 nitrogen and oxygen atoms in total. The molecule has 1 saturated heterocycles. The van der Waals surface area contributed by atoms with Crippen LogP contribution in [-0.4, -0.2) is 42.6 Å². The Bertz CT molecular complexity index is 695. The quantitative estimate of drug-likeness (QED) is 0.848. The van der Waals surface area contributed by atoms with Gasteiger partial charge in [0.2, 0.25) is 11.8 Å². The van der Waals surface area contributed by atoms with Crippen LogP contribution in [0.1, 0.15) is 48.7 Å². The number of rotatable bonds is 4. The number of aryl methyl sites for hydroxylation is 1. The second-order valence-corrected chi connectivity index (χ2v) is 6.03. The van der Waals surface area contributed by atoms with Gasteiger partial charge in [-0.15, -0.1) is 20.4 Å². The molecule has 3 rings (SSSR count). The van der Waals surface area contributed by atoms with Crippen molar-refractivity contribution < 1.29 is 17.6 Å². The van der Waals surface area contributed by atoms with E-state index < -0.39 is 18.5 Å². The smallest absolute Gasteiger partial charge is 0.397 e. The molecule has 0 saturated carbocycles. The van der Waals surface area contributed by atoms with Gasteiger partial charge in [0, 0.05) is 7.05 Å². The molecule has 132 valence electrons. The number of hydrogen-bond acceptors (Lipinski definition) is 6. The molecule has 0 bridgehead atoms. The van der Waals surface area contributed by atoms with Gasteiger partial charge in [-0.3, -0.25) is 4.90 Å². The minimum Gasteiger partial charge on any atom is -0.423 e. The molecule has 2 aromatic heterocycles. The van der Waals surface area contributed by atoms with Crippen LogP contribution in [0.5, 0.6) is 0 Å². The Morgan fingerprint density at radius 2 is 1.96 bits per heavy atom. The maximum atomic E-state index is 12.4. The van der Waals surface area contributed by atoms with E-state index in [9.17, 15) is 13.2 Å². The van der Waals surface area contributed by atoms with Crippen LogP contribution in [0.3, 0.4) is 0 Å². The zero-order valence-electron chi connectivity index (χ0n) is 13.5. The molecule has 1 atom stereocenters. The molecule has 3 heterocycles. The van der Waals surface area contributed by atoms with Crippen LogP contribution < -0.4 is 0 Å². The van der Waals surface area contributed by atoms with Gasteiger partial charge in [-0.2, -0.15) is 13.2 Å². The number of piperidine rings is 1. The Labute approximate surface area is 136 Å². The summed E-state index contributed by atoms with van der Waals surface area (Å²) in [5.74, 6) is 1.46. The molecule has 24 heavy (non-hydrogen) atoms. The maximum Gasteiger partial charge on any atom is 0.397 e. The zero-order chi connectivity index (χ0) is 17.3. The monoisotopic (exact) mass is 344 g/mol. The van der Waals surface area contributed by atoms with Crippen molar-refractivity contribution in [3.63, 3.8) is 0 Å². The van der Waals surface area contributed by atoms with Crippen LogP contribution >= 0.6 is 0 Å².